The lowest BCUT2D eigenvalue weighted by molar-refractivity contribution is -0.142. The average molecular weight is 380 g/mol. The molecule has 116 valence electrons. The molecular weight excluding hydrogens is 370 g/mol. The highest BCUT2D eigenvalue weighted by Gasteiger charge is 2.27. The van der Waals surface area contributed by atoms with Gasteiger partial charge in [-0.15, -0.1) is 0 Å². The topological polar surface area (TPSA) is 52.1 Å². The van der Waals surface area contributed by atoms with Crippen LogP contribution < -0.4 is 0 Å². The molecule has 1 atom stereocenters. The summed E-state index contributed by atoms with van der Waals surface area (Å²) in [6, 6.07) is 5.00. The normalized spacial score (nSPS) is 12.0. The fourth-order valence-corrected chi connectivity index (χ4v) is 3.06. The van der Waals surface area contributed by atoms with Gasteiger partial charge in [-0.3, -0.25) is 4.79 Å². The number of esters is 1. The van der Waals surface area contributed by atoms with Gasteiger partial charge < -0.3 is 4.74 Å². The van der Waals surface area contributed by atoms with Crippen LogP contribution in [-0.4, -0.2) is 23.0 Å². The second-order valence-electron chi connectivity index (χ2n) is 4.37. The molecule has 1 aromatic heterocycles. The van der Waals surface area contributed by atoms with Crippen molar-refractivity contribution in [3.8, 4) is 0 Å². The lowest BCUT2D eigenvalue weighted by atomic mass is 9.93. The Hall–Kier alpha value is -1.07. The van der Waals surface area contributed by atoms with E-state index in [-0.39, 0.29) is 16.9 Å². The smallest absolute Gasteiger partial charge is 0.313 e. The van der Waals surface area contributed by atoms with Gasteiger partial charge in [0.2, 0.25) is 5.28 Å². The number of nitrogens with zero attached hydrogens (tertiary/aromatic N) is 2. The number of carbonyl (C=O) groups is 1. The van der Waals surface area contributed by atoms with E-state index >= 15 is 0 Å². The SMILES string of the molecule is COC(=O)C(Cc1cnc(Cl)nc1Cl)c1c(Cl)cccc1Cl. The van der Waals surface area contributed by atoms with Crippen LogP contribution in [0.3, 0.4) is 0 Å². The van der Waals surface area contributed by atoms with Crippen molar-refractivity contribution in [1.29, 1.82) is 0 Å². The molecule has 22 heavy (non-hydrogen) atoms. The van der Waals surface area contributed by atoms with Gasteiger partial charge >= 0.3 is 5.97 Å². The Morgan fingerprint density at radius 3 is 2.41 bits per heavy atom. The van der Waals surface area contributed by atoms with Crippen molar-refractivity contribution in [1.82, 2.24) is 9.97 Å². The Bertz CT molecular complexity index is 689. The second-order valence-corrected chi connectivity index (χ2v) is 5.88. The molecule has 8 heteroatoms. The zero-order chi connectivity index (χ0) is 16.3. The van der Waals surface area contributed by atoms with Gasteiger partial charge in [0.25, 0.3) is 0 Å². The first-order valence-corrected chi connectivity index (χ1v) is 7.64. The molecule has 4 nitrogen and oxygen atoms in total. The Morgan fingerprint density at radius 2 is 1.86 bits per heavy atom. The first-order valence-electron chi connectivity index (χ1n) is 6.12. The first-order chi connectivity index (χ1) is 10.4. The minimum absolute atomic E-state index is 0.0270. The monoisotopic (exact) mass is 378 g/mol. The third-order valence-electron chi connectivity index (χ3n) is 3.04. The van der Waals surface area contributed by atoms with Gasteiger partial charge in [0, 0.05) is 27.4 Å². The lowest BCUT2D eigenvalue weighted by Gasteiger charge is -2.18. The largest absolute Gasteiger partial charge is 0.469 e. The zero-order valence-electron chi connectivity index (χ0n) is 11.3. The molecule has 0 radical (unpaired) electrons. The Balaban J connectivity index is 2.45. The predicted molar refractivity (Wildman–Crippen MR) is 87.0 cm³/mol. The average Bonchev–Trinajstić information content (AvgIpc) is 2.47. The highest BCUT2D eigenvalue weighted by atomic mass is 35.5. The molecular formula is C14H10Cl4N2O2. The summed E-state index contributed by atoms with van der Waals surface area (Å²) >= 11 is 24.1. The molecule has 0 aliphatic heterocycles. The van der Waals surface area contributed by atoms with E-state index in [4.69, 9.17) is 51.1 Å². The zero-order valence-corrected chi connectivity index (χ0v) is 14.3. The van der Waals surface area contributed by atoms with Crippen molar-refractivity contribution < 1.29 is 9.53 Å². The first kappa shape index (κ1) is 17.3. The van der Waals surface area contributed by atoms with Gasteiger partial charge in [-0.25, -0.2) is 9.97 Å². The second kappa shape index (κ2) is 7.47. The van der Waals surface area contributed by atoms with Crippen LogP contribution in [0, 0.1) is 0 Å². The molecule has 2 rings (SSSR count). The predicted octanol–water partition coefficient (Wildman–Crippen LogP) is 4.59. The van der Waals surface area contributed by atoms with Crippen LogP contribution >= 0.6 is 46.4 Å². The summed E-state index contributed by atoms with van der Waals surface area (Å²) in [5.41, 5.74) is 1.01. The Morgan fingerprint density at radius 1 is 1.23 bits per heavy atom. The van der Waals surface area contributed by atoms with E-state index in [2.05, 4.69) is 9.97 Å². The molecule has 0 aliphatic rings. The highest BCUT2D eigenvalue weighted by molar-refractivity contribution is 6.36. The summed E-state index contributed by atoms with van der Waals surface area (Å²) in [7, 11) is 1.29. The van der Waals surface area contributed by atoms with E-state index in [0.29, 0.717) is 21.2 Å². The van der Waals surface area contributed by atoms with Crippen molar-refractivity contribution in [3.63, 3.8) is 0 Å². The van der Waals surface area contributed by atoms with Crippen LogP contribution in [0.15, 0.2) is 24.4 Å². The molecule has 0 fully saturated rings. The van der Waals surface area contributed by atoms with E-state index < -0.39 is 11.9 Å². The van der Waals surface area contributed by atoms with Gasteiger partial charge in [-0.1, -0.05) is 40.9 Å². The van der Waals surface area contributed by atoms with Gasteiger partial charge in [-0.2, -0.15) is 0 Å². The molecule has 0 N–H and O–H groups in total. The number of ether oxygens (including phenoxy) is 1. The quantitative estimate of drug-likeness (QED) is 0.443. The minimum Gasteiger partial charge on any atom is -0.469 e. The number of hydrogen-bond donors (Lipinski definition) is 0. The maximum Gasteiger partial charge on any atom is 0.313 e. The Kier molecular flexibility index (Phi) is 5.87. The van der Waals surface area contributed by atoms with E-state index in [0.717, 1.165) is 0 Å². The molecule has 0 spiro atoms. The molecule has 2 aromatic rings. The van der Waals surface area contributed by atoms with Crippen LogP contribution in [-0.2, 0) is 16.0 Å². The standard InChI is InChI=1S/C14H10Cl4N2O2/c1-22-13(21)8(11-9(15)3-2-4-10(11)16)5-7-6-19-14(18)20-12(7)17/h2-4,6,8H,5H2,1H3. The fourth-order valence-electron chi connectivity index (χ4n) is 2.01. The van der Waals surface area contributed by atoms with E-state index in [1.165, 1.54) is 13.3 Å². The van der Waals surface area contributed by atoms with Crippen LogP contribution in [0.1, 0.15) is 17.0 Å². The van der Waals surface area contributed by atoms with Crippen LogP contribution in [0.2, 0.25) is 20.5 Å². The molecule has 0 aliphatic carbocycles. The van der Waals surface area contributed by atoms with Crippen molar-refractivity contribution in [2.45, 2.75) is 12.3 Å². The summed E-state index contributed by atoms with van der Waals surface area (Å²) in [5, 5.41) is 0.930. The van der Waals surface area contributed by atoms with Crippen LogP contribution in [0.25, 0.3) is 0 Å². The third-order valence-corrected chi connectivity index (χ3v) is 4.21. The van der Waals surface area contributed by atoms with E-state index in [1.54, 1.807) is 18.2 Å². The number of benzene rings is 1. The fraction of sp³-hybridized carbons (Fsp3) is 0.214. The summed E-state index contributed by atoms with van der Waals surface area (Å²) in [6.45, 7) is 0. The maximum absolute atomic E-state index is 12.2. The lowest BCUT2D eigenvalue weighted by Crippen LogP contribution is -2.18. The van der Waals surface area contributed by atoms with Gasteiger partial charge in [0.15, 0.2) is 0 Å². The van der Waals surface area contributed by atoms with E-state index in [9.17, 15) is 4.79 Å². The van der Waals surface area contributed by atoms with Gasteiger partial charge in [0.05, 0.1) is 13.0 Å². The van der Waals surface area contributed by atoms with Crippen molar-refractivity contribution in [2.75, 3.05) is 7.11 Å². The number of carbonyl (C=O) groups excluding carboxylic acids is 1. The Labute approximate surface area is 147 Å². The molecule has 0 amide bonds. The van der Waals surface area contributed by atoms with Crippen molar-refractivity contribution in [3.05, 3.63) is 56.0 Å². The van der Waals surface area contributed by atoms with Gasteiger partial charge in [0.1, 0.15) is 5.15 Å². The molecule has 0 saturated carbocycles. The van der Waals surface area contributed by atoms with E-state index in [1.807, 2.05) is 0 Å². The number of methoxy groups -OCH3 is 1. The number of rotatable bonds is 4. The highest BCUT2D eigenvalue weighted by Crippen LogP contribution is 2.35. The third kappa shape index (κ3) is 3.82. The van der Waals surface area contributed by atoms with Gasteiger partial charge in [-0.05, 0) is 30.2 Å². The van der Waals surface area contributed by atoms with Crippen LogP contribution in [0.4, 0.5) is 0 Å². The summed E-state index contributed by atoms with van der Waals surface area (Å²) in [5.74, 6) is -1.21. The van der Waals surface area contributed by atoms with Crippen LogP contribution in [0.5, 0.6) is 0 Å². The summed E-state index contributed by atoms with van der Waals surface area (Å²) in [6.07, 6.45) is 1.64. The van der Waals surface area contributed by atoms with Crippen molar-refractivity contribution in [2.24, 2.45) is 0 Å². The summed E-state index contributed by atoms with van der Waals surface area (Å²) in [4.78, 5) is 19.9. The number of aromatic nitrogens is 2. The number of hydrogen-bond acceptors (Lipinski definition) is 4. The maximum atomic E-state index is 12.2. The molecule has 0 bridgehead atoms. The van der Waals surface area contributed by atoms with Crippen molar-refractivity contribution >= 4 is 52.4 Å². The molecule has 1 unspecified atom stereocenters. The number of halogens is 4. The summed E-state index contributed by atoms with van der Waals surface area (Å²) < 4.78 is 4.85. The molecule has 1 aromatic carbocycles. The minimum atomic E-state index is -0.728. The molecule has 0 saturated heterocycles. The molecule has 1 heterocycles.